The van der Waals surface area contributed by atoms with Gasteiger partial charge in [-0.25, -0.2) is 14.7 Å². The van der Waals surface area contributed by atoms with E-state index in [1.54, 1.807) is 204 Å². The molecule has 0 spiro atoms. The van der Waals surface area contributed by atoms with Crippen molar-refractivity contribution in [1.29, 1.82) is 0 Å². The Balaban J connectivity index is 0.00000138. The molecule has 18 nitrogen and oxygen atoms in total. The van der Waals surface area contributed by atoms with Crippen LogP contribution < -0.4 is 10.1 Å². The number of carboxylic acid groups (broad SMARTS) is 6. The Morgan fingerprint density at radius 2 is 0.426 bits per heavy atom. The average molecular weight is 2370 g/mol. The summed E-state index contributed by atoms with van der Waals surface area (Å²) in [5, 5.41) is 47.6. The molecular weight excluding hydrogens is 2150 g/mol. The third-order valence-corrected chi connectivity index (χ3v) is 58.9. The van der Waals surface area contributed by atoms with Gasteiger partial charge in [-0.1, -0.05) is 102 Å². The average Bonchev–Trinajstić information content (AvgIpc) is 0.792. The molecule has 27 heteroatoms. The van der Waals surface area contributed by atoms with E-state index in [0.717, 1.165) is 148 Å². The molecule has 0 aromatic heterocycles. The minimum atomic E-state index is -0.833. The van der Waals surface area contributed by atoms with Crippen LogP contribution in [0.4, 0.5) is 0 Å². The predicted molar refractivity (Wildman–Crippen MR) is 600 cm³/mol. The molecule has 826 valence electrons. The number of aliphatic carboxylic acids is 6. The molecule has 7 N–H and O–H groups in total. The zero-order valence-electron chi connectivity index (χ0n) is 90.3. The van der Waals surface area contributed by atoms with E-state index in [2.05, 4.69) is 44.3 Å². The van der Waals surface area contributed by atoms with Gasteiger partial charge in [0.25, 0.3) is 35.8 Å². The maximum absolute atomic E-state index is 11.7. The molecule has 1 aromatic rings. The van der Waals surface area contributed by atoms with Crippen LogP contribution in [0.2, 0.25) is 0 Å². The van der Waals surface area contributed by atoms with Crippen molar-refractivity contribution in [3.63, 3.8) is 0 Å². The summed E-state index contributed by atoms with van der Waals surface area (Å²) in [6.07, 6.45) is 115. The monoisotopic (exact) mass is 2370 g/mol. The van der Waals surface area contributed by atoms with E-state index in [0.29, 0.717) is 0 Å². The molecule has 0 aliphatic heterocycles. The molecule has 12 saturated carbocycles. The van der Waals surface area contributed by atoms with Crippen LogP contribution in [-0.4, -0.2) is 225 Å². The van der Waals surface area contributed by atoms with Gasteiger partial charge in [0.1, 0.15) is 43.5 Å². The number of nitrogens with one attached hydrogen (secondary N) is 1. The van der Waals surface area contributed by atoms with E-state index >= 15 is 0 Å². The van der Waals surface area contributed by atoms with Gasteiger partial charge < -0.3 is 40.7 Å². The van der Waals surface area contributed by atoms with Crippen LogP contribution >= 0.6 is 47.5 Å². The van der Waals surface area contributed by atoms with Crippen molar-refractivity contribution >= 4 is 89.3 Å². The number of nitrogens with zero attached hydrogens (tertiary/aromatic N) is 3. The van der Waals surface area contributed by atoms with Crippen LogP contribution in [0.15, 0.2) is 24.3 Å². The first-order valence-electron chi connectivity index (χ1n) is 58.2. The summed E-state index contributed by atoms with van der Waals surface area (Å²) in [6, 6.07) is 10.6. The minimum absolute atomic E-state index is 0. The van der Waals surface area contributed by atoms with Gasteiger partial charge in [-0.15, -0.1) is 0 Å². The van der Waals surface area contributed by atoms with Gasteiger partial charge in [0.05, 0.1) is 74.5 Å². The van der Waals surface area contributed by atoms with E-state index in [9.17, 15) is 4.79 Å². The maximum atomic E-state index is 11.7. The molecule has 0 radical (unpaired) electrons. The predicted octanol–water partition coefficient (Wildman–Crippen LogP) is 30.8. The van der Waals surface area contributed by atoms with Crippen molar-refractivity contribution in [3.8, 4) is 5.75 Å². The number of carboxylic acids is 6. The van der Waals surface area contributed by atoms with Crippen LogP contribution in [-0.2, 0) is 100 Å². The second-order valence-corrected chi connectivity index (χ2v) is 64.2. The molecule has 0 bridgehead atoms. The van der Waals surface area contributed by atoms with Crippen LogP contribution in [0.5, 0.6) is 5.75 Å². The van der Waals surface area contributed by atoms with E-state index in [4.69, 9.17) is 64.1 Å². The molecule has 12 aliphatic rings. The molecule has 0 heterocycles. The Morgan fingerprint density at radius 3 is 0.589 bits per heavy atom. The third-order valence-electron chi connectivity index (χ3n) is 34.6. The van der Waals surface area contributed by atoms with Crippen LogP contribution in [0.1, 0.15) is 503 Å². The van der Waals surface area contributed by atoms with Crippen molar-refractivity contribution < 1.29 is 130 Å². The molecule has 0 atom stereocenters. The molecular formula is C114H212N4O14P6Pd3+6. The van der Waals surface area contributed by atoms with Gasteiger partial charge in [-0.05, 0) is 383 Å². The summed E-state index contributed by atoms with van der Waals surface area (Å²) < 4.78 is 6.90. The molecule has 13 rings (SSSR count). The standard InChI is InChI=1S/C102H182N4O2P6.6C2H4O2.3Pd/c1-87(107)103-76-40-2-3-41-80-108-89-71-69-88(70-72-89)102(73-42-77-104(81-109(90-45-16-4-17-46-90)91-47-18-5-19-48-91)82-110(92-49-20-6-21-50-92)93-51-22-7-23-52-93,74-43-78-105(83-111(94-53-24-8-25-54-94)95-55-26-9-27-56-95)84-112(96-57-28-10-29-58-96)97-59-30-11-31-60-97)75-44-79-106(85-113(98-61-32-12-33-62-98)99-63-34-13-35-64-99)86-114(100-65-36-14-37-66-100)101-67-38-15-39-68-101;6*1-2(3)4;;;/h69-72,90-101H,2-68,73-86H2,1H3,(H,103,107);6*1H3,(H,3,4);;;/p+6. The number of amides is 1. The Morgan fingerprint density at radius 1 is 0.262 bits per heavy atom. The van der Waals surface area contributed by atoms with Gasteiger partial charge in [0, 0.05) is 183 Å². The number of hydrogen-bond donors (Lipinski definition) is 7. The molecule has 0 saturated heterocycles. The SMILES string of the molecule is CC(=O)NCCCCCCOc1ccc(C(CCCN(C[PH+](C2CCCCC2)C2CCCCC2)C[PH+](C2CCCCC2)C2CCCCC2)(CCCN(C[PH+](C2CCCCC2)C2CCCCC2)C[PH+](C2CCCCC2)C2CCCCC2)CCCN(C[PH+](C2CCCCC2)C2CCCCC2)C[PH+](C2CCCCC2)C2CCCCC2)cc1.CC(=O)O.CC(=O)O.CC(=O)O.CC(=O)O.CC(=O)O.CC(=O)O.[Pd].[Pd].[Pd]. The number of unbranched alkanes of at least 4 members (excludes halogenated alkanes) is 3. The topological polar surface area (TPSA) is 272 Å². The number of carbonyl (C=O) groups is 7. The van der Waals surface area contributed by atoms with Gasteiger partial charge in [-0.2, -0.15) is 0 Å². The number of hydrogen-bond acceptors (Lipinski definition) is 11. The third kappa shape index (κ3) is 57.0. The second-order valence-electron chi connectivity index (χ2n) is 45.6. The zero-order chi connectivity index (χ0) is 99.3. The summed E-state index contributed by atoms with van der Waals surface area (Å²) in [5.74, 6) is -3.78. The first-order chi connectivity index (χ1) is 66.8. The minimum Gasteiger partial charge on any atom is -0.494 e. The number of rotatable bonds is 45. The van der Waals surface area contributed by atoms with Crippen molar-refractivity contribution in [1.82, 2.24) is 20.0 Å². The quantitative estimate of drug-likeness (QED) is 0.0182. The largest absolute Gasteiger partial charge is 0.494 e. The fraction of sp³-hybridized carbons (Fsp3) is 0.886. The molecule has 1 aromatic carbocycles. The summed E-state index contributed by atoms with van der Waals surface area (Å²) in [5.41, 5.74) is 14.8. The first kappa shape index (κ1) is 133. The van der Waals surface area contributed by atoms with Crippen molar-refractivity contribution in [2.24, 2.45) is 0 Å². The Labute approximate surface area is 909 Å². The Hall–Kier alpha value is -0.243. The Bertz CT molecular complexity index is 2780. The van der Waals surface area contributed by atoms with Crippen LogP contribution in [0, 0.1) is 0 Å². The summed E-state index contributed by atoms with van der Waals surface area (Å²) in [4.78, 5) is 76.2. The van der Waals surface area contributed by atoms with E-state index in [1.165, 1.54) is 296 Å². The maximum Gasteiger partial charge on any atom is 0.300 e. The van der Waals surface area contributed by atoms with E-state index in [1.807, 2.05) is 0 Å². The van der Waals surface area contributed by atoms with Gasteiger partial charge in [-0.3, -0.25) is 33.6 Å². The van der Waals surface area contributed by atoms with Crippen LogP contribution in [0.25, 0.3) is 0 Å². The molecule has 1 amide bonds. The fourth-order valence-electron chi connectivity index (χ4n) is 28.1. The van der Waals surface area contributed by atoms with Crippen molar-refractivity contribution in [3.05, 3.63) is 29.8 Å². The van der Waals surface area contributed by atoms with E-state index < -0.39 is 83.3 Å². The number of ether oxygens (including phenoxy) is 1. The van der Waals surface area contributed by atoms with Crippen molar-refractivity contribution in [2.75, 3.05) is 70.5 Å². The fourth-order valence-corrected chi connectivity index (χ4v) is 54.4. The zero-order valence-corrected chi connectivity index (χ0v) is 101. The molecule has 12 aliphatic carbocycles. The van der Waals surface area contributed by atoms with E-state index in [-0.39, 0.29) is 72.6 Å². The summed E-state index contributed by atoms with van der Waals surface area (Å²) in [7, 11) is -3.18. The summed E-state index contributed by atoms with van der Waals surface area (Å²) >= 11 is 0. The second kappa shape index (κ2) is 80.6. The van der Waals surface area contributed by atoms with Crippen LogP contribution in [0.3, 0.4) is 0 Å². The Kier molecular flexibility index (Phi) is 76.0. The summed E-state index contributed by atoms with van der Waals surface area (Å²) in [6.45, 7) is 14.0. The molecule has 141 heavy (non-hydrogen) atoms. The van der Waals surface area contributed by atoms with Gasteiger partial charge in [0.2, 0.25) is 5.91 Å². The molecule has 12 fully saturated rings. The van der Waals surface area contributed by atoms with Gasteiger partial charge >= 0.3 is 0 Å². The smallest absolute Gasteiger partial charge is 0.300 e. The number of benzene rings is 1. The molecule has 0 unspecified atom stereocenters. The normalized spacial score (nSPS) is 20.5. The van der Waals surface area contributed by atoms with Gasteiger partial charge in [0.15, 0.2) is 0 Å². The first-order valence-corrected chi connectivity index (χ1v) is 69.4. The number of carbonyl (C=O) groups excluding carboxylic acids is 1. The van der Waals surface area contributed by atoms with Crippen molar-refractivity contribution in [2.45, 2.75) is 571 Å².